The molecular weight excluding hydrogens is 167 g/mol. The number of nitrogens with one attached hydrogen (secondary N) is 1. The molecule has 2 fully saturated rings. The van der Waals surface area contributed by atoms with Crippen molar-refractivity contribution >= 4 is 0 Å². The van der Waals surface area contributed by atoms with Gasteiger partial charge in [-0.25, -0.2) is 4.39 Å². The van der Waals surface area contributed by atoms with Gasteiger partial charge in [0, 0.05) is 18.6 Å². The second kappa shape index (κ2) is 3.54. The van der Waals surface area contributed by atoms with Gasteiger partial charge in [0.05, 0.1) is 0 Å². The van der Waals surface area contributed by atoms with E-state index in [1.165, 1.54) is 19.3 Å². The Hall–Kier alpha value is -0.150. The Morgan fingerprint density at radius 1 is 1.38 bits per heavy atom. The Kier molecular flexibility index (Phi) is 2.56. The predicted octanol–water partition coefficient (Wildman–Crippen LogP) is 1.35. The van der Waals surface area contributed by atoms with Crippen LogP contribution in [0.1, 0.15) is 38.5 Å². The molecule has 2 atom stereocenters. The minimum atomic E-state index is -1.00. The van der Waals surface area contributed by atoms with Gasteiger partial charge in [0.15, 0.2) is 0 Å². The molecule has 0 heterocycles. The van der Waals surface area contributed by atoms with Crippen LogP contribution in [-0.4, -0.2) is 24.3 Å². The van der Waals surface area contributed by atoms with Crippen LogP contribution in [0.25, 0.3) is 0 Å². The molecule has 2 nitrogen and oxygen atoms in total. The van der Waals surface area contributed by atoms with E-state index in [-0.39, 0.29) is 6.04 Å². The predicted molar refractivity (Wildman–Crippen MR) is 51.3 cm³/mol. The third-order valence-corrected chi connectivity index (χ3v) is 3.40. The number of nitrogens with two attached hydrogens (primary N) is 1. The van der Waals surface area contributed by atoms with E-state index in [4.69, 9.17) is 5.73 Å². The average Bonchev–Trinajstić information content (AvgIpc) is 2.28. The lowest BCUT2D eigenvalue weighted by Crippen LogP contribution is -2.43. The fourth-order valence-corrected chi connectivity index (χ4v) is 2.22. The summed E-state index contributed by atoms with van der Waals surface area (Å²) >= 11 is 0. The van der Waals surface area contributed by atoms with Gasteiger partial charge in [-0.3, -0.25) is 0 Å². The molecule has 2 rings (SSSR count). The van der Waals surface area contributed by atoms with E-state index in [1.54, 1.807) is 0 Å². The summed E-state index contributed by atoms with van der Waals surface area (Å²) in [6.07, 6.45) is 5.80. The standard InChI is InChI=1S/C10H19FN2/c11-10(5-4-8(12)6-10)7-13-9-2-1-3-9/h8-9,13H,1-7,12H2. The Bertz CT molecular complexity index is 182. The summed E-state index contributed by atoms with van der Waals surface area (Å²) in [6.45, 7) is 0.519. The second-order valence-corrected chi connectivity index (χ2v) is 4.66. The van der Waals surface area contributed by atoms with E-state index in [2.05, 4.69) is 5.32 Å². The highest BCUT2D eigenvalue weighted by atomic mass is 19.1. The summed E-state index contributed by atoms with van der Waals surface area (Å²) < 4.78 is 13.9. The van der Waals surface area contributed by atoms with Crippen LogP contribution >= 0.6 is 0 Å². The summed E-state index contributed by atoms with van der Waals surface area (Å²) in [5.74, 6) is 0. The van der Waals surface area contributed by atoms with Crippen molar-refractivity contribution in [3.05, 3.63) is 0 Å². The van der Waals surface area contributed by atoms with Gasteiger partial charge in [0.1, 0.15) is 5.67 Å². The molecular formula is C10H19FN2. The first-order chi connectivity index (χ1) is 6.18. The van der Waals surface area contributed by atoms with Gasteiger partial charge in [-0.1, -0.05) is 6.42 Å². The van der Waals surface area contributed by atoms with E-state index >= 15 is 0 Å². The topological polar surface area (TPSA) is 38.0 Å². The lowest BCUT2D eigenvalue weighted by molar-refractivity contribution is 0.151. The third kappa shape index (κ3) is 2.20. The molecule has 0 aromatic rings. The molecule has 2 unspecified atom stereocenters. The van der Waals surface area contributed by atoms with Crippen molar-refractivity contribution < 1.29 is 4.39 Å². The van der Waals surface area contributed by atoms with Crippen LogP contribution in [0.5, 0.6) is 0 Å². The van der Waals surface area contributed by atoms with Crippen molar-refractivity contribution in [1.29, 1.82) is 0 Å². The second-order valence-electron chi connectivity index (χ2n) is 4.66. The highest BCUT2D eigenvalue weighted by molar-refractivity contribution is 4.94. The zero-order valence-corrected chi connectivity index (χ0v) is 8.06. The molecule has 0 bridgehead atoms. The third-order valence-electron chi connectivity index (χ3n) is 3.40. The Labute approximate surface area is 79.1 Å². The van der Waals surface area contributed by atoms with Crippen molar-refractivity contribution in [2.75, 3.05) is 6.54 Å². The lowest BCUT2D eigenvalue weighted by Gasteiger charge is -2.30. The summed E-state index contributed by atoms with van der Waals surface area (Å²) in [5.41, 5.74) is 4.69. The number of hydrogen-bond donors (Lipinski definition) is 2. The zero-order chi connectivity index (χ0) is 9.31. The summed E-state index contributed by atoms with van der Waals surface area (Å²) in [6, 6.07) is 0.678. The quantitative estimate of drug-likeness (QED) is 0.698. The van der Waals surface area contributed by atoms with Crippen molar-refractivity contribution in [2.24, 2.45) is 5.73 Å². The van der Waals surface area contributed by atoms with Gasteiger partial charge in [-0.2, -0.15) is 0 Å². The van der Waals surface area contributed by atoms with E-state index in [0.717, 1.165) is 6.42 Å². The first kappa shape index (κ1) is 9.41. The van der Waals surface area contributed by atoms with Crippen LogP contribution in [0.15, 0.2) is 0 Å². The smallest absolute Gasteiger partial charge is 0.125 e. The van der Waals surface area contributed by atoms with Gasteiger partial charge >= 0.3 is 0 Å². The SMILES string of the molecule is NC1CCC(F)(CNC2CCC2)C1. The largest absolute Gasteiger partial charge is 0.328 e. The molecule has 0 amide bonds. The summed E-state index contributed by atoms with van der Waals surface area (Å²) in [5, 5.41) is 3.29. The molecule has 2 saturated carbocycles. The molecule has 0 aromatic heterocycles. The van der Waals surface area contributed by atoms with Crippen LogP contribution in [0.2, 0.25) is 0 Å². The van der Waals surface area contributed by atoms with Crippen LogP contribution < -0.4 is 11.1 Å². The van der Waals surface area contributed by atoms with Crippen molar-refractivity contribution in [2.45, 2.75) is 56.3 Å². The molecule has 0 radical (unpaired) electrons. The van der Waals surface area contributed by atoms with Crippen molar-refractivity contribution in [3.8, 4) is 0 Å². The van der Waals surface area contributed by atoms with E-state index in [9.17, 15) is 4.39 Å². The highest BCUT2D eigenvalue weighted by Crippen LogP contribution is 2.32. The summed E-state index contributed by atoms with van der Waals surface area (Å²) in [4.78, 5) is 0. The van der Waals surface area contributed by atoms with Crippen LogP contribution in [0.3, 0.4) is 0 Å². The molecule has 0 spiro atoms. The molecule has 13 heavy (non-hydrogen) atoms. The molecule has 3 N–H and O–H groups in total. The van der Waals surface area contributed by atoms with Gasteiger partial charge in [0.25, 0.3) is 0 Å². The lowest BCUT2D eigenvalue weighted by atomic mass is 9.92. The number of halogens is 1. The van der Waals surface area contributed by atoms with Crippen LogP contribution in [-0.2, 0) is 0 Å². The highest BCUT2D eigenvalue weighted by Gasteiger charge is 2.38. The van der Waals surface area contributed by atoms with Crippen molar-refractivity contribution in [1.82, 2.24) is 5.32 Å². The number of alkyl halides is 1. The monoisotopic (exact) mass is 186 g/mol. The summed E-state index contributed by atoms with van der Waals surface area (Å²) in [7, 11) is 0. The molecule has 3 heteroatoms. The van der Waals surface area contributed by atoms with Gasteiger partial charge in [-0.15, -0.1) is 0 Å². The van der Waals surface area contributed by atoms with E-state index in [0.29, 0.717) is 25.4 Å². The normalized spacial score (nSPS) is 40.6. The molecule has 0 aliphatic heterocycles. The minimum Gasteiger partial charge on any atom is -0.328 e. The van der Waals surface area contributed by atoms with E-state index in [1.807, 2.05) is 0 Å². The molecule has 0 saturated heterocycles. The maximum Gasteiger partial charge on any atom is 0.125 e. The first-order valence-corrected chi connectivity index (χ1v) is 5.36. The first-order valence-electron chi connectivity index (χ1n) is 5.36. The number of rotatable bonds is 3. The fraction of sp³-hybridized carbons (Fsp3) is 1.00. The Morgan fingerprint density at radius 3 is 2.62 bits per heavy atom. The van der Waals surface area contributed by atoms with Crippen LogP contribution in [0.4, 0.5) is 4.39 Å². The van der Waals surface area contributed by atoms with Gasteiger partial charge in [-0.05, 0) is 32.1 Å². The Balaban J connectivity index is 1.73. The average molecular weight is 186 g/mol. The molecule has 0 aromatic carbocycles. The number of hydrogen-bond acceptors (Lipinski definition) is 2. The maximum atomic E-state index is 13.9. The molecule has 2 aliphatic rings. The van der Waals surface area contributed by atoms with Crippen LogP contribution in [0, 0.1) is 0 Å². The Morgan fingerprint density at radius 2 is 2.15 bits per heavy atom. The van der Waals surface area contributed by atoms with Crippen molar-refractivity contribution in [3.63, 3.8) is 0 Å². The molecule has 2 aliphatic carbocycles. The fourth-order valence-electron chi connectivity index (χ4n) is 2.22. The minimum absolute atomic E-state index is 0.0909. The van der Waals surface area contributed by atoms with Gasteiger partial charge < -0.3 is 11.1 Å². The zero-order valence-electron chi connectivity index (χ0n) is 8.06. The maximum absolute atomic E-state index is 13.9. The van der Waals surface area contributed by atoms with E-state index < -0.39 is 5.67 Å². The van der Waals surface area contributed by atoms with Gasteiger partial charge in [0.2, 0.25) is 0 Å². The molecule has 76 valence electrons.